The monoisotopic (exact) mass is 231 g/mol. The van der Waals surface area contributed by atoms with Crippen molar-refractivity contribution in [3.05, 3.63) is 41.7 Å². The Balaban J connectivity index is 1.86. The Morgan fingerprint density at radius 1 is 1.24 bits per heavy atom. The fraction of sp³-hybridized carbons (Fsp3) is 0.467. The van der Waals surface area contributed by atoms with Crippen LogP contribution in [0.25, 0.3) is 5.57 Å². The summed E-state index contributed by atoms with van der Waals surface area (Å²) in [6.45, 7) is 3.37. The largest absolute Gasteiger partial charge is 0.310 e. The highest BCUT2D eigenvalue weighted by molar-refractivity contribution is 5.67. The Kier molecular flexibility index (Phi) is 2.55. The van der Waals surface area contributed by atoms with E-state index in [1.807, 2.05) is 12.1 Å². The molecular weight excluding hydrogens is 213 g/mol. The third-order valence-corrected chi connectivity index (χ3v) is 4.13. The van der Waals surface area contributed by atoms with Crippen LogP contribution in [0.4, 0.5) is 4.39 Å². The zero-order valence-electron chi connectivity index (χ0n) is 10.2. The molecule has 1 atom stereocenters. The second kappa shape index (κ2) is 3.95. The van der Waals surface area contributed by atoms with Crippen LogP contribution >= 0.6 is 0 Å². The van der Waals surface area contributed by atoms with Crippen molar-refractivity contribution in [1.29, 1.82) is 0 Å². The fourth-order valence-corrected chi connectivity index (χ4v) is 2.57. The first-order valence-corrected chi connectivity index (χ1v) is 6.37. The van der Waals surface area contributed by atoms with Gasteiger partial charge in [0.1, 0.15) is 5.82 Å². The lowest BCUT2D eigenvalue weighted by molar-refractivity contribution is 0.411. The average molecular weight is 231 g/mol. The van der Waals surface area contributed by atoms with Gasteiger partial charge in [0.25, 0.3) is 0 Å². The number of rotatable bonds is 2. The Bertz CT molecular complexity index is 442. The maximum Gasteiger partial charge on any atom is 0.123 e. The molecular formula is C15H18FN. The Hall–Kier alpha value is -1.15. The molecule has 0 radical (unpaired) electrons. The van der Waals surface area contributed by atoms with E-state index in [1.165, 1.54) is 24.0 Å². The van der Waals surface area contributed by atoms with E-state index in [0.717, 1.165) is 13.0 Å². The van der Waals surface area contributed by atoms with Gasteiger partial charge in [0.15, 0.2) is 0 Å². The Morgan fingerprint density at radius 2 is 1.94 bits per heavy atom. The van der Waals surface area contributed by atoms with Gasteiger partial charge in [-0.15, -0.1) is 0 Å². The smallest absolute Gasteiger partial charge is 0.123 e. The molecule has 1 nitrogen and oxygen atoms in total. The predicted molar refractivity (Wildman–Crippen MR) is 68.1 cm³/mol. The minimum Gasteiger partial charge on any atom is -0.310 e. The molecule has 1 aliphatic carbocycles. The molecule has 90 valence electrons. The molecule has 0 amide bonds. The molecule has 1 saturated carbocycles. The van der Waals surface area contributed by atoms with Crippen LogP contribution in [0.5, 0.6) is 0 Å². The second-order valence-corrected chi connectivity index (χ2v) is 5.53. The molecule has 1 N–H and O–H groups in total. The van der Waals surface area contributed by atoms with Gasteiger partial charge in [-0.25, -0.2) is 4.39 Å². The van der Waals surface area contributed by atoms with Crippen LogP contribution in [-0.2, 0) is 0 Å². The predicted octanol–water partition coefficient (Wildman–Crippen LogP) is 3.37. The lowest BCUT2D eigenvalue weighted by Crippen LogP contribution is -2.38. The van der Waals surface area contributed by atoms with Crippen molar-refractivity contribution < 1.29 is 4.39 Å². The van der Waals surface area contributed by atoms with Crippen LogP contribution < -0.4 is 5.32 Å². The summed E-state index contributed by atoms with van der Waals surface area (Å²) in [5, 5.41) is 3.58. The number of nitrogens with one attached hydrogen (secondary N) is 1. The van der Waals surface area contributed by atoms with Gasteiger partial charge in [-0.1, -0.05) is 25.1 Å². The first-order valence-electron chi connectivity index (χ1n) is 6.37. The summed E-state index contributed by atoms with van der Waals surface area (Å²) < 4.78 is 12.9. The van der Waals surface area contributed by atoms with Crippen LogP contribution in [0.2, 0.25) is 0 Å². The zero-order valence-corrected chi connectivity index (χ0v) is 10.2. The van der Waals surface area contributed by atoms with Gasteiger partial charge in [-0.2, -0.15) is 0 Å². The molecule has 1 aromatic rings. The molecule has 1 heterocycles. The van der Waals surface area contributed by atoms with Crippen LogP contribution in [0, 0.1) is 11.2 Å². The molecule has 1 aromatic carbocycles. The lowest BCUT2D eigenvalue weighted by atomic mass is 9.90. The van der Waals surface area contributed by atoms with Gasteiger partial charge < -0.3 is 5.32 Å². The van der Waals surface area contributed by atoms with Gasteiger partial charge in [0, 0.05) is 6.04 Å². The summed E-state index contributed by atoms with van der Waals surface area (Å²) in [5.41, 5.74) is 3.00. The van der Waals surface area contributed by atoms with E-state index in [0.29, 0.717) is 11.5 Å². The SMILES string of the molecule is CC1(C2C=C(c3ccc(F)cc3)CCN2)CC1. The van der Waals surface area contributed by atoms with Crippen molar-refractivity contribution in [2.45, 2.75) is 32.2 Å². The van der Waals surface area contributed by atoms with Crippen molar-refractivity contribution in [2.24, 2.45) is 5.41 Å². The van der Waals surface area contributed by atoms with Crippen molar-refractivity contribution in [2.75, 3.05) is 6.54 Å². The number of halogens is 1. The standard InChI is InChI=1S/C15H18FN/c1-15(7-8-15)14-10-12(6-9-17-14)11-2-4-13(16)5-3-11/h2-5,10,14,17H,6-9H2,1H3. The molecule has 2 heteroatoms. The molecule has 17 heavy (non-hydrogen) atoms. The number of hydrogen-bond donors (Lipinski definition) is 1. The number of hydrogen-bond acceptors (Lipinski definition) is 1. The minimum atomic E-state index is -0.158. The van der Waals surface area contributed by atoms with Crippen molar-refractivity contribution in [3.8, 4) is 0 Å². The van der Waals surface area contributed by atoms with Crippen molar-refractivity contribution in [3.63, 3.8) is 0 Å². The zero-order chi connectivity index (χ0) is 11.9. The van der Waals surface area contributed by atoms with E-state index >= 15 is 0 Å². The maximum absolute atomic E-state index is 12.9. The van der Waals surface area contributed by atoms with Gasteiger partial charge in [-0.05, 0) is 54.5 Å². The highest BCUT2D eigenvalue weighted by atomic mass is 19.1. The maximum atomic E-state index is 12.9. The van der Waals surface area contributed by atoms with Gasteiger partial charge >= 0.3 is 0 Å². The molecule has 0 bridgehead atoms. The highest BCUT2D eigenvalue weighted by Gasteiger charge is 2.44. The van der Waals surface area contributed by atoms with Crippen LogP contribution in [0.3, 0.4) is 0 Å². The van der Waals surface area contributed by atoms with Crippen LogP contribution in [0.1, 0.15) is 31.7 Å². The third-order valence-electron chi connectivity index (χ3n) is 4.13. The van der Waals surface area contributed by atoms with E-state index in [9.17, 15) is 4.39 Å². The molecule has 0 aromatic heterocycles. The molecule has 0 spiro atoms. The minimum absolute atomic E-state index is 0.158. The highest BCUT2D eigenvalue weighted by Crippen LogP contribution is 2.49. The van der Waals surface area contributed by atoms with E-state index in [4.69, 9.17) is 0 Å². The molecule has 0 saturated heterocycles. The molecule has 1 fully saturated rings. The first kappa shape index (κ1) is 11.0. The van der Waals surface area contributed by atoms with E-state index in [1.54, 1.807) is 12.1 Å². The van der Waals surface area contributed by atoms with Gasteiger partial charge in [0.05, 0.1) is 0 Å². The van der Waals surface area contributed by atoms with Gasteiger partial charge in [0.2, 0.25) is 0 Å². The second-order valence-electron chi connectivity index (χ2n) is 5.53. The summed E-state index contributed by atoms with van der Waals surface area (Å²) in [6.07, 6.45) is 6.03. The molecule has 1 aliphatic heterocycles. The van der Waals surface area contributed by atoms with Crippen molar-refractivity contribution in [1.82, 2.24) is 5.32 Å². The topological polar surface area (TPSA) is 12.0 Å². The molecule has 2 aliphatic rings. The summed E-state index contributed by atoms with van der Waals surface area (Å²) in [6, 6.07) is 7.37. The quantitative estimate of drug-likeness (QED) is 0.823. The summed E-state index contributed by atoms with van der Waals surface area (Å²) >= 11 is 0. The summed E-state index contributed by atoms with van der Waals surface area (Å²) in [5.74, 6) is -0.158. The van der Waals surface area contributed by atoms with Crippen LogP contribution in [-0.4, -0.2) is 12.6 Å². The molecule has 3 rings (SSSR count). The van der Waals surface area contributed by atoms with Gasteiger partial charge in [-0.3, -0.25) is 0 Å². The fourth-order valence-electron chi connectivity index (χ4n) is 2.57. The van der Waals surface area contributed by atoms with Crippen molar-refractivity contribution >= 4 is 5.57 Å². The first-order chi connectivity index (χ1) is 8.17. The Morgan fingerprint density at radius 3 is 2.59 bits per heavy atom. The van der Waals surface area contributed by atoms with E-state index in [-0.39, 0.29) is 5.82 Å². The van der Waals surface area contributed by atoms with E-state index in [2.05, 4.69) is 18.3 Å². The average Bonchev–Trinajstić information content (AvgIpc) is 3.10. The summed E-state index contributed by atoms with van der Waals surface area (Å²) in [7, 11) is 0. The normalized spacial score (nSPS) is 26.5. The lowest BCUT2D eigenvalue weighted by Gasteiger charge is -2.28. The number of benzene rings is 1. The third kappa shape index (κ3) is 2.14. The molecule has 1 unspecified atom stereocenters. The van der Waals surface area contributed by atoms with E-state index < -0.39 is 0 Å². The Labute approximate surface area is 102 Å². The summed E-state index contributed by atoms with van der Waals surface area (Å²) in [4.78, 5) is 0. The van der Waals surface area contributed by atoms with Crippen LogP contribution in [0.15, 0.2) is 30.3 Å².